The van der Waals surface area contributed by atoms with Gasteiger partial charge < -0.3 is 20.9 Å². The molecule has 0 aromatic heterocycles. The molecule has 0 rings (SSSR count). The van der Waals surface area contributed by atoms with Crippen molar-refractivity contribution in [2.45, 2.75) is 71.6 Å². The van der Waals surface area contributed by atoms with E-state index < -0.39 is 12.2 Å². The minimum Gasteiger partial charge on any atom is -0.449 e. The van der Waals surface area contributed by atoms with Crippen molar-refractivity contribution < 1.29 is 19.1 Å². The van der Waals surface area contributed by atoms with E-state index in [-0.39, 0.29) is 30.3 Å². The highest BCUT2D eigenvalue weighted by atomic mass is 16.6. The van der Waals surface area contributed by atoms with Crippen LogP contribution in [0.3, 0.4) is 0 Å². The van der Waals surface area contributed by atoms with Crippen LogP contribution in [-0.4, -0.2) is 47.4 Å². The van der Waals surface area contributed by atoms with E-state index in [9.17, 15) is 9.59 Å². The second-order valence-electron chi connectivity index (χ2n) is 7.23. The number of hydrogen-bond acceptors (Lipinski definition) is 5. The van der Waals surface area contributed by atoms with Crippen LogP contribution in [0.2, 0.25) is 0 Å². The predicted molar refractivity (Wildman–Crippen MR) is 85.4 cm³/mol. The third-order valence-corrected chi connectivity index (χ3v) is 2.97. The van der Waals surface area contributed by atoms with E-state index in [1.165, 1.54) is 0 Å². The van der Waals surface area contributed by atoms with Crippen LogP contribution < -0.4 is 11.5 Å². The van der Waals surface area contributed by atoms with Gasteiger partial charge in [0.1, 0.15) is 6.10 Å². The summed E-state index contributed by atoms with van der Waals surface area (Å²) in [6, 6.07) is 0. The molecule has 0 aliphatic heterocycles. The minimum atomic E-state index is -0.848. The normalized spacial score (nSPS) is 13.4. The molecule has 1 atom stereocenters. The molecular formula is C15H31N3O4. The van der Waals surface area contributed by atoms with Gasteiger partial charge in [0.2, 0.25) is 0 Å². The number of rotatable bonds is 6. The smallest absolute Gasteiger partial charge is 0.410 e. The van der Waals surface area contributed by atoms with Crippen LogP contribution in [0.15, 0.2) is 0 Å². The van der Waals surface area contributed by atoms with E-state index in [0.29, 0.717) is 12.8 Å². The van der Waals surface area contributed by atoms with Crippen molar-refractivity contribution in [3.63, 3.8) is 0 Å². The summed E-state index contributed by atoms with van der Waals surface area (Å²) in [6.07, 6.45) is -0.613. The molecule has 0 aliphatic carbocycles. The maximum absolute atomic E-state index is 12.3. The molecule has 0 radical (unpaired) electrons. The monoisotopic (exact) mass is 317 g/mol. The summed E-state index contributed by atoms with van der Waals surface area (Å²) in [5.74, 6) is 0. The average Bonchev–Trinajstić information content (AvgIpc) is 2.28. The summed E-state index contributed by atoms with van der Waals surface area (Å²) in [5, 5.41) is 0. The van der Waals surface area contributed by atoms with Crippen LogP contribution in [0.4, 0.5) is 9.59 Å². The zero-order valence-corrected chi connectivity index (χ0v) is 14.6. The number of carbonyl (C=O) groups excluding carboxylic acids is 2. The van der Waals surface area contributed by atoms with E-state index in [4.69, 9.17) is 20.9 Å². The van der Waals surface area contributed by atoms with Crippen molar-refractivity contribution in [3.05, 3.63) is 0 Å². The van der Waals surface area contributed by atoms with Crippen LogP contribution in [0.5, 0.6) is 0 Å². The highest BCUT2D eigenvalue weighted by molar-refractivity contribution is 5.69. The Labute approximate surface area is 133 Å². The molecule has 0 aromatic carbocycles. The summed E-state index contributed by atoms with van der Waals surface area (Å²) in [6.45, 7) is 12.2. The molecule has 7 heteroatoms. The number of ether oxygens (including phenoxy) is 2. The first-order valence-electron chi connectivity index (χ1n) is 7.53. The zero-order chi connectivity index (χ0) is 17.6. The Morgan fingerprint density at radius 1 is 1.09 bits per heavy atom. The molecule has 2 amide bonds. The summed E-state index contributed by atoms with van der Waals surface area (Å²) < 4.78 is 10.2. The summed E-state index contributed by atoms with van der Waals surface area (Å²) in [5.41, 5.74) is 9.74. The number of nitrogens with two attached hydrogens (primary N) is 2. The highest BCUT2D eigenvalue weighted by Crippen LogP contribution is 2.25. The molecule has 7 nitrogen and oxygen atoms in total. The number of nitrogens with zero attached hydrogens (tertiary/aromatic N) is 1. The van der Waals surface area contributed by atoms with Crippen LogP contribution in [0, 0.1) is 0 Å². The lowest BCUT2D eigenvalue weighted by Crippen LogP contribution is -2.55. The SMILES string of the molecule is CC(C)(C)N(C(=O)OCCC[C@@H](CN)OC(N)=O)C(C)(C)C. The molecule has 0 unspecified atom stereocenters. The average molecular weight is 317 g/mol. The van der Waals surface area contributed by atoms with Gasteiger partial charge in [0.05, 0.1) is 6.61 Å². The van der Waals surface area contributed by atoms with Gasteiger partial charge in [-0.2, -0.15) is 0 Å². The van der Waals surface area contributed by atoms with Gasteiger partial charge in [-0.05, 0) is 54.4 Å². The van der Waals surface area contributed by atoms with Crippen molar-refractivity contribution in [3.8, 4) is 0 Å². The van der Waals surface area contributed by atoms with Gasteiger partial charge in [-0.1, -0.05) is 0 Å². The molecule has 0 aliphatic rings. The number of primary amides is 1. The van der Waals surface area contributed by atoms with E-state index in [2.05, 4.69) is 0 Å². The van der Waals surface area contributed by atoms with Gasteiger partial charge in [0, 0.05) is 17.6 Å². The Bertz CT molecular complexity index is 358. The van der Waals surface area contributed by atoms with E-state index in [1.54, 1.807) is 4.90 Å². The molecule has 0 fully saturated rings. The Morgan fingerprint density at radius 2 is 1.59 bits per heavy atom. The third-order valence-electron chi connectivity index (χ3n) is 2.97. The van der Waals surface area contributed by atoms with Crippen molar-refractivity contribution in [2.24, 2.45) is 11.5 Å². The minimum absolute atomic E-state index is 0.187. The van der Waals surface area contributed by atoms with Gasteiger partial charge in [-0.3, -0.25) is 4.90 Å². The predicted octanol–water partition coefficient (Wildman–Crippen LogP) is 2.22. The maximum atomic E-state index is 12.3. The first-order valence-corrected chi connectivity index (χ1v) is 7.53. The topological polar surface area (TPSA) is 108 Å². The molecule has 0 saturated heterocycles. The number of carbonyl (C=O) groups is 2. The summed E-state index contributed by atoms with van der Waals surface area (Å²) in [4.78, 5) is 24.7. The molecule has 0 bridgehead atoms. The maximum Gasteiger partial charge on any atom is 0.410 e. The molecule has 0 aromatic rings. The zero-order valence-electron chi connectivity index (χ0n) is 14.6. The quantitative estimate of drug-likeness (QED) is 0.730. The molecule has 0 saturated carbocycles. The van der Waals surface area contributed by atoms with E-state index in [0.717, 1.165) is 0 Å². The largest absolute Gasteiger partial charge is 0.449 e. The molecule has 0 spiro atoms. The van der Waals surface area contributed by atoms with Gasteiger partial charge in [-0.15, -0.1) is 0 Å². The fourth-order valence-electron chi connectivity index (χ4n) is 2.48. The van der Waals surface area contributed by atoms with Crippen LogP contribution in [-0.2, 0) is 9.47 Å². The molecule has 22 heavy (non-hydrogen) atoms. The first kappa shape index (κ1) is 20.5. The Hall–Kier alpha value is -1.50. The second-order valence-corrected chi connectivity index (χ2v) is 7.23. The van der Waals surface area contributed by atoms with Crippen LogP contribution in [0.1, 0.15) is 54.4 Å². The third kappa shape index (κ3) is 7.49. The lowest BCUT2D eigenvalue weighted by molar-refractivity contribution is 0.0179. The Balaban J connectivity index is 4.40. The lowest BCUT2D eigenvalue weighted by Gasteiger charge is -2.44. The molecule has 4 N–H and O–H groups in total. The summed E-state index contributed by atoms with van der Waals surface area (Å²) in [7, 11) is 0. The van der Waals surface area contributed by atoms with Crippen molar-refractivity contribution >= 4 is 12.2 Å². The van der Waals surface area contributed by atoms with Gasteiger partial charge >= 0.3 is 12.2 Å². The molecular weight excluding hydrogens is 286 g/mol. The first-order chi connectivity index (χ1) is 9.89. The van der Waals surface area contributed by atoms with Crippen LogP contribution in [0.25, 0.3) is 0 Å². The standard InChI is InChI=1S/C15H31N3O4/c1-14(2,3)18(15(4,5)6)13(20)21-9-7-8-11(10-16)22-12(17)19/h11H,7-10,16H2,1-6H3,(H2,17,19)/t11-/m0/s1. The van der Waals surface area contributed by atoms with Crippen LogP contribution >= 0.6 is 0 Å². The van der Waals surface area contributed by atoms with E-state index in [1.807, 2.05) is 41.5 Å². The van der Waals surface area contributed by atoms with Crippen molar-refractivity contribution in [2.75, 3.05) is 13.2 Å². The van der Waals surface area contributed by atoms with Crippen molar-refractivity contribution in [1.82, 2.24) is 4.90 Å². The second kappa shape index (κ2) is 8.22. The number of amides is 2. The highest BCUT2D eigenvalue weighted by Gasteiger charge is 2.36. The summed E-state index contributed by atoms with van der Waals surface area (Å²) >= 11 is 0. The molecule has 130 valence electrons. The fraction of sp³-hybridized carbons (Fsp3) is 0.867. The van der Waals surface area contributed by atoms with Crippen molar-refractivity contribution in [1.29, 1.82) is 0 Å². The van der Waals surface area contributed by atoms with Gasteiger partial charge in [-0.25, -0.2) is 9.59 Å². The molecule has 0 heterocycles. The van der Waals surface area contributed by atoms with Gasteiger partial charge in [0.15, 0.2) is 0 Å². The Morgan fingerprint density at radius 3 is 1.95 bits per heavy atom. The fourth-order valence-corrected chi connectivity index (χ4v) is 2.48. The van der Waals surface area contributed by atoms with E-state index >= 15 is 0 Å². The lowest BCUT2D eigenvalue weighted by atomic mass is 9.97. The number of hydrogen-bond donors (Lipinski definition) is 2. The van der Waals surface area contributed by atoms with Gasteiger partial charge in [0.25, 0.3) is 0 Å². The Kier molecular flexibility index (Phi) is 7.66.